The smallest absolute Gasteiger partial charge is 0.298 e. The largest absolute Gasteiger partial charge is 0.324 e. The zero-order valence-electron chi connectivity index (χ0n) is 12.3. The molecule has 0 bridgehead atoms. The lowest BCUT2D eigenvalue weighted by molar-refractivity contribution is -0.380. The quantitative estimate of drug-likeness (QED) is 0.284. The average molecular weight is 394 g/mol. The Bertz CT molecular complexity index is 937. The molecule has 126 valence electrons. The van der Waals surface area contributed by atoms with E-state index in [-0.39, 0.29) is 15.7 Å². The standard InChI is InChI=1S/C15H8ClN3O4S2/c16-9-1-3-10(4-2-9)18-14(21)11(13(20)17-15(18)24)5-8-6-12(19(22)23)25-7-8/h1-7H,(H,17,20,24). The molecule has 2 heterocycles. The van der Waals surface area contributed by atoms with E-state index in [9.17, 15) is 19.7 Å². The molecule has 2 amide bonds. The van der Waals surface area contributed by atoms with Crippen LogP contribution in [0, 0.1) is 10.1 Å². The van der Waals surface area contributed by atoms with Crippen molar-refractivity contribution >= 4 is 68.8 Å². The molecule has 1 saturated heterocycles. The van der Waals surface area contributed by atoms with Gasteiger partial charge >= 0.3 is 5.00 Å². The maximum Gasteiger partial charge on any atom is 0.324 e. The van der Waals surface area contributed by atoms with E-state index in [0.29, 0.717) is 16.3 Å². The number of benzene rings is 1. The lowest BCUT2D eigenvalue weighted by Crippen LogP contribution is -2.54. The highest BCUT2D eigenvalue weighted by atomic mass is 35.5. The molecular weight excluding hydrogens is 386 g/mol. The Hall–Kier alpha value is -2.62. The third-order valence-corrected chi connectivity index (χ3v) is 4.72. The number of carbonyl (C=O) groups excluding carboxylic acids is 2. The number of thiophene rings is 1. The Morgan fingerprint density at radius 2 is 1.96 bits per heavy atom. The van der Waals surface area contributed by atoms with Gasteiger partial charge in [-0.05, 0) is 48.1 Å². The molecule has 7 nitrogen and oxygen atoms in total. The monoisotopic (exact) mass is 393 g/mol. The number of hydrogen-bond donors (Lipinski definition) is 1. The first-order valence-electron chi connectivity index (χ1n) is 6.77. The first kappa shape index (κ1) is 17.2. The van der Waals surface area contributed by atoms with Crippen LogP contribution in [0.3, 0.4) is 0 Å². The van der Waals surface area contributed by atoms with Crippen molar-refractivity contribution in [3.63, 3.8) is 0 Å². The summed E-state index contributed by atoms with van der Waals surface area (Å²) >= 11 is 11.8. The highest BCUT2D eigenvalue weighted by Crippen LogP contribution is 2.27. The molecule has 0 spiro atoms. The number of rotatable bonds is 3. The first-order valence-corrected chi connectivity index (χ1v) is 8.43. The molecule has 1 aromatic carbocycles. The summed E-state index contributed by atoms with van der Waals surface area (Å²) in [6, 6.07) is 7.66. The van der Waals surface area contributed by atoms with Crippen LogP contribution in [0.25, 0.3) is 6.08 Å². The van der Waals surface area contributed by atoms with Crippen molar-refractivity contribution in [3.8, 4) is 0 Å². The summed E-state index contributed by atoms with van der Waals surface area (Å²) in [5.74, 6) is -1.28. The first-order chi connectivity index (χ1) is 11.9. The molecule has 0 aliphatic carbocycles. The fourth-order valence-electron chi connectivity index (χ4n) is 2.16. The van der Waals surface area contributed by atoms with Crippen LogP contribution >= 0.6 is 35.2 Å². The number of nitrogens with one attached hydrogen (secondary N) is 1. The number of nitro groups is 1. The third kappa shape index (κ3) is 3.43. The van der Waals surface area contributed by atoms with Crippen molar-refractivity contribution in [2.24, 2.45) is 0 Å². The second-order valence-corrected chi connectivity index (χ2v) is 6.62. The highest BCUT2D eigenvalue weighted by Gasteiger charge is 2.34. The van der Waals surface area contributed by atoms with Crippen molar-refractivity contribution in [1.29, 1.82) is 0 Å². The molecule has 1 aromatic heterocycles. The van der Waals surface area contributed by atoms with Crippen LogP contribution < -0.4 is 10.2 Å². The Morgan fingerprint density at radius 3 is 2.56 bits per heavy atom. The van der Waals surface area contributed by atoms with Gasteiger partial charge in [-0.15, -0.1) is 0 Å². The van der Waals surface area contributed by atoms with Crippen LogP contribution in [0.2, 0.25) is 5.02 Å². The molecule has 1 fully saturated rings. The Kier molecular flexibility index (Phi) is 4.62. The number of carbonyl (C=O) groups is 2. The van der Waals surface area contributed by atoms with Gasteiger partial charge in [0.1, 0.15) is 5.57 Å². The molecule has 0 atom stereocenters. The molecule has 0 unspecified atom stereocenters. The fourth-order valence-corrected chi connectivity index (χ4v) is 3.25. The van der Waals surface area contributed by atoms with Crippen molar-refractivity contribution in [2.45, 2.75) is 0 Å². The lowest BCUT2D eigenvalue weighted by Gasteiger charge is -2.28. The van der Waals surface area contributed by atoms with Gasteiger partial charge in [0.15, 0.2) is 5.11 Å². The molecule has 2 aromatic rings. The number of anilines is 1. The summed E-state index contributed by atoms with van der Waals surface area (Å²) in [5, 5.41) is 15.0. The van der Waals surface area contributed by atoms with Crippen molar-refractivity contribution < 1.29 is 14.5 Å². The highest BCUT2D eigenvalue weighted by molar-refractivity contribution is 7.80. The summed E-state index contributed by atoms with van der Waals surface area (Å²) < 4.78 is 0. The minimum atomic E-state index is -0.658. The van der Waals surface area contributed by atoms with E-state index in [4.69, 9.17) is 23.8 Å². The zero-order valence-corrected chi connectivity index (χ0v) is 14.7. The summed E-state index contributed by atoms with van der Waals surface area (Å²) in [6.45, 7) is 0. The molecule has 1 aliphatic rings. The van der Waals surface area contributed by atoms with Crippen LogP contribution in [-0.4, -0.2) is 21.9 Å². The Balaban J connectivity index is 1.98. The molecule has 0 radical (unpaired) electrons. The number of nitrogens with zero attached hydrogens (tertiary/aromatic N) is 2. The predicted octanol–water partition coefficient (Wildman–Crippen LogP) is 3.14. The van der Waals surface area contributed by atoms with Crippen molar-refractivity contribution in [2.75, 3.05) is 4.90 Å². The van der Waals surface area contributed by atoms with E-state index >= 15 is 0 Å². The third-order valence-electron chi connectivity index (χ3n) is 3.28. The Labute approximate surface area is 155 Å². The number of thiocarbonyl (C=S) groups is 1. The normalized spacial score (nSPS) is 16.3. The van der Waals surface area contributed by atoms with Gasteiger partial charge in [-0.25, -0.2) is 0 Å². The number of halogens is 1. The molecule has 1 aliphatic heterocycles. The average Bonchev–Trinajstić information content (AvgIpc) is 3.02. The van der Waals surface area contributed by atoms with Crippen LogP contribution in [0.4, 0.5) is 10.7 Å². The van der Waals surface area contributed by atoms with Gasteiger partial charge in [0.2, 0.25) is 0 Å². The molecule has 1 N–H and O–H groups in total. The van der Waals surface area contributed by atoms with Gasteiger partial charge in [0, 0.05) is 16.5 Å². The zero-order chi connectivity index (χ0) is 18.1. The second kappa shape index (κ2) is 6.71. The number of hydrogen-bond acceptors (Lipinski definition) is 6. The molecular formula is C15H8ClN3O4S2. The van der Waals surface area contributed by atoms with Crippen LogP contribution in [-0.2, 0) is 9.59 Å². The van der Waals surface area contributed by atoms with Crippen LogP contribution in [0.15, 0.2) is 41.3 Å². The number of amides is 2. The van der Waals surface area contributed by atoms with Gasteiger partial charge in [0.25, 0.3) is 11.8 Å². The lowest BCUT2D eigenvalue weighted by atomic mass is 10.1. The molecule has 10 heteroatoms. The summed E-state index contributed by atoms with van der Waals surface area (Å²) in [4.78, 5) is 36.2. The van der Waals surface area contributed by atoms with Gasteiger partial charge in [-0.2, -0.15) is 0 Å². The van der Waals surface area contributed by atoms with Crippen LogP contribution in [0.1, 0.15) is 5.56 Å². The topological polar surface area (TPSA) is 92.6 Å². The fraction of sp³-hybridized carbons (Fsp3) is 0. The van der Waals surface area contributed by atoms with E-state index < -0.39 is 16.7 Å². The van der Waals surface area contributed by atoms with E-state index in [1.54, 1.807) is 24.3 Å². The van der Waals surface area contributed by atoms with E-state index in [1.807, 2.05) is 0 Å². The van der Waals surface area contributed by atoms with Gasteiger partial charge in [-0.1, -0.05) is 22.9 Å². The van der Waals surface area contributed by atoms with E-state index in [0.717, 1.165) is 11.3 Å². The summed E-state index contributed by atoms with van der Waals surface area (Å²) in [7, 11) is 0. The maximum absolute atomic E-state index is 12.7. The van der Waals surface area contributed by atoms with Gasteiger partial charge in [-0.3, -0.25) is 29.9 Å². The molecule has 0 saturated carbocycles. The minimum absolute atomic E-state index is 0.0502. The molecule has 3 rings (SSSR count). The Morgan fingerprint density at radius 1 is 1.28 bits per heavy atom. The SMILES string of the molecule is O=C1NC(=S)N(c2ccc(Cl)cc2)C(=O)C1=Cc1csc([N+](=O)[O-])c1. The van der Waals surface area contributed by atoms with Crippen molar-refractivity contribution in [3.05, 3.63) is 62.0 Å². The predicted molar refractivity (Wildman–Crippen MR) is 98.6 cm³/mol. The van der Waals surface area contributed by atoms with E-state index in [1.165, 1.54) is 22.4 Å². The van der Waals surface area contributed by atoms with Gasteiger partial charge < -0.3 is 0 Å². The van der Waals surface area contributed by atoms with Crippen molar-refractivity contribution in [1.82, 2.24) is 5.32 Å². The van der Waals surface area contributed by atoms with Crippen LogP contribution in [0.5, 0.6) is 0 Å². The summed E-state index contributed by atoms with van der Waals surface area (Å²) in [6.07, 6.45) is 1.30. The van der Waals surface area contributed by atoms with E-state index in [2.05, 4.69) is 5.32 Å². The second-order valence-electron chi connectivity index (χ2n) is 4.91. The molecule has 25 heavy (non-hydrogen) atoms. The maximum atomic E-state index is 12.7. The summed E-state index contributed by atoms with van der Waals surface area (Å²) in [5.41, 5.74) is 0.664. The minimum Gasteiger partial charge on any atom is -0.298 e. The van der Waals surface area contributed by atoms with Gasteiger partial charge in [0.05, 0.1) is 10.6 Å².